The van der Waals surface area contributed by atoms with E-state index < -0.39 is 23.1 Å². The Bertz CT molecular complexity index is 830. The van der Waals surface area contributed by atoms with Gasteiger partial charge >= 0.3 is 6.18 Å². The van der Waals surface area contributed by atoms with Gasteiger partial charge < -0.3 is 14.8 Å². The number of halogens is 3. The lowest BCUT2D eigenvalue weighted by atomic mass is 9.73. The van der Waals surface area contributed by atoms with Crippen LogP contribution < -0.4 is 10.1 Å². The number of carbonyl (C=O) groups excluding carboxylic acids is 1. The number of benzene rings is 2. The summed E-state index contributed by atoms with van der Waals surface area (Å²) in [5.41, 5.74) is -0.296. The first-order valence-electron chi connectivity index (χ1n) is 9.02. The van der Waals surface area contributed by atoms with Crippen LogP contribution in [-0.2, 0) is 16.3 Å². The number of rotatable bonds is 5. The third kappa shape index (κ3) is 4.30. The Labute approximate surface area is 161 Å². The molecule has 1 aliphatic heterocycles. The minimum absolute atomic E-state index is 0.0166. The van der Waals surface area contributed by atoms with Crippen molar-refractivity contribution < 1.29 is 27.4 Å². The Balaban J connectivity index is 1.82. The fraction of sp³-hybridized carbons (Fsp3) is 0.381. The van der Waals surface area contributed by atoms with Crippen molar-refractivity contribution in [3.63, 3.8) is 0 Å². The number of methoxy groups -OCH3 is 1. The standard InChI is InChI=1S/C21H22F3NO3/c1-27-18-8-3-2-7-17(18)20(9-11-28-12-10-20)14-25-19(26)15-5-4-6-16(13-15)21(22,23)24/h2-8,13H,9-12,14H2,1H3,(H,25,26). The summed E-state index contributed by atoms with van der Waals surface area (Å²) in [6, 6.07) is 12.0. The van der Waals surface area contributed by atoms with Gasteiger partial charge in [-0.3, -0.25) is 4.79 Å². The van der Waals surface area contributed by atoms with Gasteiger partial charge in [0.25, 0.3) is 5.91 Å². The third-order valence-electron chi connectivity index (χ3n) is 5.17. The molecule has 1 fully saturated rings. The smallest absolute Gasteiger partial charge is 0.416 e. The van der Waals surface area contributed by atoms with E-state index >= 15 is 0 Å². The lowest BCUT2D eigenvalue weighted by Crippen LogP contribution is -2.44. The van der Waals surface area contributed by atoms with Crippen molar-refractivity contribution in [1.82, 2.24) is 5.32 Å². The highest BCUT2D eigenvalue weighted by Gasteiger charge is 2.37. The molecule has 0 aromatic heterocycles. The Hall–Kier alpha value is -2.54. The molecule has 1 amide bonds. The highest BCUT2D eigenvalue weighted by molar-refractivity contribution is 5.94. The molecule has 0 spiro atoms. The van der Waals surface area contributed by atoms with Crippen LogP contribution in [0.3, 0.4) is 0 Å². The molecule has 1 N–H and O–H groups in total. The molecule has 0 radical (unpaired) electrons. The zero-order valence-electron chi connectivity index (χ0n) is 15.5. The van der Waals surface area contributed by atoms with E-state index in [0.717, 1.165) is 23.4 Å². The van der Waals surface area contributed by atoms with Crippen molar-refractivity contribution in [2.75, 3.05) is 26.9 Å². The summed E-state index contributed by atoms with van der Waals surface area (Å²) in [6.45, 7) is 1.36. The second-order valence-electron chi connectivity index (χ2n) is 6.85. The van der Waals surface area contributed by atoms with Crippen LogP contribution in [-0.4, -0.2) is 32.8 Å². The molecule has 0 aliphatic carbocycles. The summed E-state index contributed by atoms with van der Waals surface area (Å²) >= 11 is 0. The molecule has 4 nitrogen and oxygen atoms in total. The molecule has 7 heteroatoms. The first-order chi connectivity index (χ1) is 13.4. The van der Waals surface area contributed by atoms with Crippen LogP contribution in [0.5, 0.6) is 5.75 Å². The molecule has 0 atom stereocenters. The van der Waals surface area contributed by atoms with Crippen molar-refractivity contribution in [2.24, 2.45) is 0 Å². The van der Waals surface area contributed by atoms with Gasteiger partial charge in [-0.25, -0.2) is 0 Å². The van der Waals surface area contributed by atoms with Crippen LogP contribution in [0.2, 0.25) is 0 Å². The van der Waals surface area contributed by atoms with Gasteiger partial charge in [-0.05, 0) is 37.1 Å². The molecule has 1 heterocycles. The molecule has 28 heavy (non-hydrogen) atoms. The van der Waals surface area contributed by atoms with Crippen LogP contribution in [0.1, 0.15) is 34.3 Å². The summed E-state index contributed by atoms with van der Waals surface area (Å²) in [5, 5.41) is 2.82. The van der Waals surface area contributed by atoms with Gasteiger partial charge in [-0.15, -0.1) is 0 Å². The molecule has 3 rings (SSSR count). The molecular weight excluding hydrogens is 371 g/mol. The van der Waals surface area contributed by atoms with Crippen molar-refractivity contribution >= 4 is 5.91 Å². The Kier molecular flexibility index (Phi) is 5.93. The molecule has 2 aromatic rings. The monoisotopic (exact) mass is 393 g/mol. The lowest BCUT2D eigenvalue weighted by molar-refractivity contribution is -0.137. The topological polar surface area (TPSA) is 47.6 Å². The quantitative estimate of drug-likeness (QED) is 0.829. The maximum absolute atomic E-state index is 12.9. The Morgan fingerprint density at radius 3 is 2.54 bits per heavy atom. The average molecular weight is 393 g/mol. The molecular formula is C21H22F3NO3. The van der Waals surface area contributed by atoms with E-state index in [9.17, 15) is 18.0 Å². The zero-order chi connectivity index (χ0) is 20.2. The van der Waals surface area contributed by atoms with E-state index in [1.807, 2.05) is 24.3 Å². The second kappa shape index (κ2) is 8.22. The van der Waals surface area contributed by atoms with E-state index in [0.29, 0.717) is 26.1 Å². The summed E-state index contributed by atoms with van der Waals surface area (Å²) in [4.78, 5) is 12.6. The van der Waals surface area contributed by atoms with E-state index in [1.54, 1.807) is 7.11 Å². The minimum atomic E-state index is -4.49. The van der Waals surface area contributed by atoms with Gasteiger partial charge in [0.1, 0.15) is 5.75 Å². The van der Waals surface area contributed by atoms with Gasteiger partial charge in [-0.1, -0.05) is 24.3 Å². The van der Waals surface area contributed by atoms with E-state index in [4.69, 9.17) is 9.47 Å². The predicted octanol–water partition coefficient (Wildman–Crippen LogP) is 4.19. The molecule has 2 aromatic carbocycles. The zero-order valence-corrected chi connectivity index (χ0v) is 15.5. The largest absolute Gasteiger partial charge is 0.496 e. The van der Waals surface area contributed by atoms with Crippen LogP contribution >= 0.6 is 0 Å². The fourth-order valence-corrected chi connectivity index (χ4v) is 3.57. The van der Waals surface area contributed by atoms with Crippen molar-refractivity contribution in [3.05, 3.63) is 65.2 Å². The Morgan fingerprint density at radius 2 is 1.86 bits per heavy atom. The van der Waals surface area contributed by atoms with E-state index in [2.05, 4.69) is 5.32 Å². The number of carbonyl (C=O) groups is 1. The maximum atomic E-state index is 12.9. The van der Waals surface area contributed by atoms with Gasteiger partial charge in [0, 0.05) is 36.3 Å². The van der Waals surface area contributed by atoms with Crippen molar-refractivity contribution in [2.45, 2.75) is 24.4 Å². The minimum Gasteiger partial charge on any atom is -0.496 e. The predicted molar refractivity (Wildman–Crippen MR) is 98.5 cm³/mol. The molecule has 0 saturated carbocycles. The van der Waals surface area contributed by atoms with Gasteiger partial charge in [0.05, 0.1) is 12.7 Å². The van der Waals surface area contributed by atoms with Crippen molar-refractivity contribution in [1.29, 1.82) is 0 Å². The normalized spacial score (nSPS) is 16.4. The van der Waals surface area contributed by atoms with Gasteiger partial charge in [0.2, 0.25) is 0 Å². The SMILES string of the molecule is COc1ccccc1C1(CNC(=O)c2cccc(C(F)(F)F)c2)CCOCC1. The average Bonchev–Trinajstić information content (AvgIpc) is 2.72. The van der Waals surface area contributed by atoms with E-state index in [-0.39, 0.29) is 12.1 Å². The third-order valence-corrected chi connectivity index (χ3v) is 5.17. The molecule has 0 bridgehead atoms. The number of nitrogens with one attached hydrogen (secondary N) is 1. The number of hydrogen-bond acceptors (Lipinski definition) is 3. The second-order valence-corrected chi connectivity index (χ2v) is 6.85. The fourth-order valence-electron chi connectivity index (χ4n) is 3.57. The summed E-state index contributed by atoms with van der Waals surface area (Å²) in [6.07, 6.45) is -3.14. The number of para-hydroxylation sites is 1. The van der Waals surface area contributed by atoms with Crippen LogP contribution in [0.25, 0.3) is 0 Å². The van der Waals surface area contributed by atoms with Gasteiger partial charge in [-0.2, -0.15) is 13.2 Å². The molecule has 1 saturated heterocycles. The number of alkyl halides is 3. The number of ether oxygens (including phenoxy) is 2. The highest BCUT2D eigenvalue weighted by atomic mass is 19.4. The van der Waals surface area contributed by atoms with Crippen LogP contribution in [0, 0.1) is 0 Å². The van der Waals surface area contributed by atoms with Crippen molar-refractivity contribution in [3.8, 4) is 5.75 Å². The lowest BCUT2D eigenvalue weighted by Gasteiger charge is -2.38. The molecule has 150 valence electrons. The number of hydrogen-bond donors (Lipinski definition) is 1. The summed E-state index contributed by atoms with van der Waals surface area (Å²) in [5.74, 6) is 0.185. The first-order valence-corrected chi connectivity index (χ1v) is 9.02. The Morgan fingerprint density at radius 1 is 1.14 bits per heavy atom. The van der Waals surface area contributed by atoms with Gasteiger partial charge in [0.15, 0.2) is 0 Å². The number of amides is 1. The van der Waals surface area contributed by atoms with Crippen LogP contribution in [0.15, 0.2) is 48.5 Å². The molecule has 0 unspecified atom stereocenters. The molecule has 1 aliphatic rings. The summed E-state index contributed by atoms with van der Waals surface area (Å²) in [7, 11) is 1.59. The van der Waals surface area contributed by atoms with E-state index in [1.165, 1.54) is 12.1 Å². The first kappa shape index (κ1) is 20.2. The summed E-state index contributed by atoms with van der Waals surface area (Å²) < 4.78 is 49.7. The van der Waals surface area contributed by atoms with Crippen LogP contribution in [0.4, 0.5) is 13.2 Å². The maximum Gasteiger partial charge on any atom is 0.416 e. The highest BCUT2D eigenvalue weighted by Crippen LogP contribution is 2.39.